The lowest BCUT2D eigenvalue weighted by Crippen LogP contribution is -1.90. The largest absolute Gasteiger partial charge is 0.260 e. The van der Waals surface area contributed by atoms with Crippen molar-refractivity contribution >= 4 is 19.5 Å². The second-order valence-corrected chi connectivity index (χ2v) is 1.95. The highest BCUT2D eigenvalue weighted by atomic mass is 32.2. The van der Waals surface area contributed by atoms with Crippen LogP contribution in [0.15, 0.2) is 0 Å². The molecule has 0 aliphatic carbocycles. The van der Waals surface area contributed by atoms with E-state index in [0.29, 0.717) is 0 Å². The number of rotatable bonds is 2. The molecular weight excluding hydrogens is 125 g/mol. The van der Waals surface area contributed by atoms with E-state index in [1.54, 1.807) is 4.49 Å². The van der Waals surface area contributed by atoms with Crippen LogP contribution < -0.4 is 4.49 Å². The van der Waals surface area contributed by atoms with Crippen molar-refractivity contribution in [1.82, 2.24) is 4.49 Å². The van der Waals surface area contributed by atoms with Crippen molar-refractivity contribution < 1.29 is 13.0 Å². The zero-order chi connectivity index (χ0) is 4.99. The first-order valence-electron chi connectivity index (χ1n) is 0.995. The van der Waals surface area contributed by atoms with Gasteiger partial charge in [0.1, 0.15) is 0 Å². The molecule has 1 N–H and O–H groups in total. The van der Waals surface area contributed by atoms with Gasteiger partial charge in [-0.2, -0.15) is 0 Å². The van der Waals surface area contributed by atoms with Crippen molar-refractivity contribution in [2.24, 2.45) is 0 Å². The van der Waals surface area contributed by atoms with Gasteiger partial charge in [-0.25, -0.2) is 8.42 Å². The molecule has 0 unspecified atom stereocenters. The molecule has 0 aromatic rings. The van der Waals surface area contributed by atoms with Crippen LogP contribution in [0.2, 0.25) is 0 Å². The maximum Gasteiger partial charge on any atom is 0.260 e. The molecule has 6 heavy (non-hydrogen) atoms. The van der Waals surface area contributed by atoms with Crippen molar-refractivity contribution in [2.75, 3.05) is 0 Å². The van der Waals surface area contributed by atoms with Gasteiger partial charge in [0.25, 0.3) is 8.61 Å². The molecular formula is H2NO3PS. The smallest absolute Gasteiger partial charge is 0.255 e. The minimum absolute atomic E-state index is 0.572. The molecule has 0 saturated carbocycles. The first kappa shape index (κ1) is 6.01. The minimum atomic E-state index is -2.68. The molecule has 0 bridgehead atoms. The molecule has 0 radical (unpaired) electrons. The Morgan fingerprint density at radius 3 is 2.00 bits per heavy atom. The van der Waals surface area contributed by atoms with Gasteiger partial charge in [0, 0.05) is 0 Å². The Hall–Kier alpha value is 0.01000. The van der Waals surface area contributed by atoms with Crippen LogP contribution in [0, 0.1) is 0 Å². The van der Waals surface area contributed by atoms with Gasteiger partial charge >= 0.3 is 0 Å². The van der Waals surface area contributed by atoms with E-state index in [2.05, 4.69) is 0 Å². The highest BCUT2D eigenvalue weighted by Crippen LogP contribution is 1.74. The van der Waals surface area contributed by atoms with Gasteiger partial charge in [-0.05, 0) is 0 Å². The average molecular weight is 127 g/mol. The van der Waals surface area contributed by atoms with Gasteiger partial charge in [-0.3, -0.25) is 4.57 Å². The van der Waals surface area contributed by atoms with E-state index in [9.17, 15) is 13.0 Å². The Kier molecular flexibility index (Phi) is 3.21. The summed E-state index contributed by atoms with van der Waals surface area (Å²) in [7, 11) is -3.25. The first-order valence-corrected chi connectivity index (χ1v) is 2.98. The molecule has 0 aliphatic heterocycles. The van der Waals surface area contributed by atoms with E-state index in [1.165, 1.54) is 0 Å². The Morgan fingerprint density at radius 2 is 2.00 bits per heavy atom. The number of nitrogens with one attached hydrogen (secondary N) is 1. The zero-order valence-electron chi connectivity index (χ0n) is 2.62. The summed E-state index contributed by atoms with van der Waals surface area (Å²) in [6.45, 7) is 0. The predicted octanol–water partition coefficient (Wildman–Crippen LogP) is -0.691. The molecule has 36 valence electrons. The van der Waals surface area contributed by atoms with Crippen LogP contribution in [0.3, 0.4) is 0 Å². The summed E-state index contributed by atoms with van der Waals surface area (Å²) in [6, 6.07) is 0. The quantitative estimate of drug-likeness (QED) is 0.381. The molecule has 4 nitrogen and oxygen atoms in total. The third-order valence-corrected chi connectivity index (χ3v) is 1.10. The fourth-order valence-electron chi connectivity index (χ4n) is 0.0333. The topological polar surface area (TPSA) is 63.2 Å². The summed E-state index contributed by atoms with van der Waals surface area (Å²) in [5.74, 6) is 0. The Morgan fingerprint density at radius 1 is 1.50 bits per heavy atom. The molecule has 0 rings (SSSR count). The molecule has 0 heterocycles. The third-order valence-electron chi connectivity index (χ3n) is 0.122. The van der Waals surface area contributed by atoms with Crippen LogP contribution in [-0.2, 0) is 15.5 Å². The van der Waals surface area contributed by atoms with Gasteiger partial charge in [-0.1, -0.05) is 0 Å². The van der Waals surface area contributed by atoms with E-state index in [1.807, 2.05) is 0 Å². The minimum Gasteiger partial charge on any atom is -0.255 e. The van der Waals surface area contributed by atoms with Crippen molar-refractivity contribution in [2.45, 2.75) is 0 Å². The molecule has 0 amide bonds. The molecule has 0 fully saturated rings. The van der Waals surface area contributed by atoms with Crippen LogP contribution in [-0.4, -0.2) is 8.42 Å². The fourth-order valence-corrected chi connectivity index (χ4v) is 0.300. The van der Waals surface area contributed by atoms with Gasteiger partial charge in [-0.15, -0.1) is 4.49 Å². The molecule has 0 aromatic heterocycles. The van der Waals surface area contributed by atoms with Crippen LogP contribution in [0.5, 0.6) is 0 Å². The summed E-state index contributed by atoms with van der Waals surface area (Å²) < 4.78 is 29.4. The van der Waals surface area contributed by atoms with Gasteiger partial charge in [0.2, 0.25) is 10.9 Å². The van der Waals surface area contributed by atoms with Crippen molar-refractivity contribution in [3.05, 3.63) is 0 Å². The van der Waals surface area contributed by atoms with Crippen molar-refractivity contribution in [1.29, 1.82) is 0 Å². The van der Waals surface area contributed by atoms with E-state index in [4.69, 9.17) is 0 Å². The molecule has 0 saturated heterocycles. The SMILES string of the molecule is O=PN[SH](=O)=O. The normalized spacial score (nSPS) is 10.2. The summed E-state index contributed by atoms with van der Waals surface area (Å²) in [5.41, 5.74) is 0. The van der Waals surface area contributed by atoms with Crippen molar-refractivity contribution in [3.63, 3.8) is 0 Å². The molecule has 0 aliphatic rings. The van der Waals surface area contributed by atoms with Crippen LogP contribution in [0.4, 0.5) is 0 Å². The van der Waals surface area contributed by atoms with E-state index in [0.717, 1.165) is 0 Å². The first-order chi connectivity index (χ1) is 2.77. The summed E-state index contributed by atoms with van der Waals surface area (Å²) in [4.78, 5) is 0. The molecule has 6 heteroatoms. The standard InChI is InChI=1S/H2NO3PS/c2-5-1-6(3)4/h6H,(H,1,2,3,4). The Labute approximate surface area is 37.9 Å². The number of thiol groups is 1. The monoisotopic (exact) mass is 127 g/mol. The van der Waals surface area contributed by atoms with Crippen LogP contribution in [0.25, 0.3) is 0 Å². The number of hydrogen-bond acceptors (Lipinski definition) is 3. The molecule has 0 spiro atoms. The lowest BCUT2D eigenvalue weighted by atomic mass is 13.9. The molecule has 0 atom stereocenters. The zero-order valence-corrected chi connectivity index (χ0v) is 4.41. The lowest BCUT2D eigenvalue weighted by molar-refractivity contribution is 0.592. The second-order valence-electron chi connectivity index (χ2n) is 0.448. The van der Waals surface area contributed by atoms with E-state index >= 15 is 0 Å². The summed E-state index contributed by atoms with van der Waals surface area (Å²) >= 11 is 0. The van der Waals surface area contributed by atoms with Gasteiger partial charge in [0.05, 0.1) is 0 Å². The summed E-state index contributed by atoms with van der Waals surface area (Å²) in [6.07, 6.45) is 0. The average Bonchev–Trinajstić information content (AvgIpc) is 1.35. The van der Waals surface area contributed by atoms with Crippen LogP contribution in [0.1, 0.15) is 0 Å². The van der Waals surface area contributed by atoms with E-state index in [-0.39, 0.29) is 0 Å². The highest BCUT2D eigenvalue weighted by Gasteiger charge is 1.72. The van der Waals surface area contributed by atoms with E-state index < -0.39 is 19.5 Å². The fraction of sp³-hybridized carbons (Fsp3) is 0. The number of hydrogen-bond donors (Lipinski definition) is 2. The van der Waals surface area contributed by atoms with Gasteiger partial charge < -0.3 is 0 Å². The highest BCUT2D eigenvalue weighted by molar-refractivity contribution is 7.74. The molecule has 0 aromatic carbocycles. The maximum absolute atomic E-state index is 9.32. The third kappa shape index (κ3) is 4.01. The summed E-state index contributed by atoms with van der Waals surface area (Å²) in [5, 5.41) is 0. The second kappa shape index (κ2) is 3.21. The lowest BCUT2D eigenvalue weighted by Gasteiger charge is -1.64. The van der Waals surface area contributed by atoms with Crippen molar-refractivity contribution in [3.8, 4) is 0 Å². The van der Waals surface area contributed by atoms with Crippen LogP contribution >= 0.6 is 8.61 Å². The Balaban J connectivity index is 3.32. The predicted molar refractivity (Wildman–Crippen MR) is 21.1 cm³/mol. The maximum atomic E-state index is 9.32. The van der Waals surface area contributed by atoms with Gasteiger partial charge in [0.15, 0.2) is 0 Å². The Bertz CT molecular complexity index is 97.4.